The predicted molar refractivity (Wildman–Crippen MR) is 78.7 cm³/mol. The molecule has 3 aliphatic rings. The molecular formula is C16H26N2O3. The van der Waals surface area contributed by atoms with Gasteiger partial charge < -0.3 is 15.0 Å². The Kier molecular flexibility index (Phi) is 4.78. The van der Waals surface area contributed by atoms with E-state index in [-0.39, 0.29) is 23.8 Å². The molecule has 118 valence electrons. The Labute approximate surface area is 126 Å². The molecule has 1 saturated carbocycles. The fourth-order valence-electron chi connectivity index (χ4n) is 3.82. The van der Waals surface area contributed by atoms with Crippen molar-refractivity contribution in [3.05, 3.63) is 0 Å². The lowest BCUT2D eigenvalue weighted by Crippen LogP contribution is -2.40. The van der Waals surface area contributed by atoms with Crippen molar-refractivity contribution in [3.8, 4) is 0 Å². The zero-order valence-electron chi connectivity index (χ0n) is 12.7. The minimum absolute atomic E-state index is 0.0251. The molecule has 2 heterocycles. The van der Waals surface area contributed by atoms with Crippen LogP contribution in [0.5, 0.6) is 0 Å². The van der Waals surface area contributed by atoms with Gasteiger partial charge in [-0.3, -0.25) is 9.59 Å². The standard InChI is InChI=1S/C16H26N2O3/c19-15-9-12(11-18(15)13-5-2-1-3-6-13)16(20)17-10-14-7-4-8-21-14/h12-14H,1-11H2,(H,17,20)/t12-,14-/m0/s1. The number of nitrogens with zero attached hydrogens (tertiary/aromatic N) is 1. The molecule has 5 heteroatoms. The van der Waals surface area contributed by atoms with Gasteiger partial charge in [0, 0.05) is 32.2 Å². The second-order valence-electron chi connectivity index (χ2n) is 6.62. The normalized spacial score (nSPS) is 30.9. The smallest absolute Gasteiger partial charge is 0.225 e. The van der Waals surface area contributed by atoms with Crippen LogP contribution in [-0.2, 0) is 14.3 Å². The highest BCUT2D eigenvalue weighted by atomic mass is 16.5. The van der Waals surface area contributed by atoms with Crippen LogP contribution in [0.15, 0.2) is 0 Å². The highest BCUT2D eigenvalue weighted by molar-refractivity contribution is 5.89. The van der Waals surface area contributed by atoms with Gasteiger partial charge in [0.2, 0.25) is 11.8 Å². The predicted octanol–water partition coefficient (Wildman–Crippen LogP) is 1.46. The number of likely N-dealkylation sites (tertiary alicyclic amines) is 1. The quantitative estimate of drug-likeness (QED) is 0.854. The summed E-state index contributed by atoms with van der Waals surface area (Å²) in [6, 6.07) is 0.377. The largest absolute Gasteiger partial charge is 0.376 e. The Morgan fingerprint density at radius 2 is 2.00 bits per heavy atom. The number of nitrogens with one attached hydrogen (secondary N) is 1. The molecule has 0 radical (unpaired) electrons. The van der Waals surface area contributed by atoms with Crippen LogP contribution < -0.4 is 5.32 Å². The summed E-state index contributed by atoms with van der Waals surface area (Å²) in [4.78, 5) is 26.4. The van der Waals surface area contributed by atoms with Crippen LogP contribution in [0.4, 0.5) is 0 Å². The van der Waals surface area contributed by atoms with Crippen LogP contribution in [0.25, 0.3) is 0 Å². The molecule has 5 nitrogen and oxygen atoms in total. The van der Waals surface area contributed by atoms with Gasteiger partial charge >= 0.3 is 0 Å². The molecular weight excluding hydrogens is 268 g/mol. The van der Waals surface area contributed by atoms with E-state index >= 15 is 0 Å². The Morgan fingerprint density at radius 1 is 1.19 bits per heavy atom. The van der Waals surface area contributed by atoms with Crippen LogP contribution in [-0.4, -0.2) is 48.6 Å². The Hall–Kier alpha value is -1.10. The summed E-state index contributed by atoms with van der Waals surface area (Å²) >= 11 is 0. The third-order valence-corrected chi connectivity index (χ3v) is 5.07. The van der Waals surface area contributed by atoms with E-state index in [0.717, 1.165) is 32.3 Å². The van der Waals surface area contributed by atoms with E-state index in [0.29, 0.717) is 25.6 Å². The maximum atomic E-state index is 12.2. The molecule has 21 heavy (non-hydrogen) atoms. The van der Waals surface area contributed by atoms with Gasteiger partial charge in [0.1, 0.15) is 0 Å². The first-order valence-corrected chi connectivity index (χ1v) is 8.43. The van der Waals surface area contributed by atoms with Crippen LogP contribution in [0.2, 0.25) is 0 Å². The second-order valence-corrected chi connectivity index (χ2v) is 6.62. The topological polar surface area (TPSA) is 58.6 Å². The number of amides is 2. The number of carbonyl (C=O) groups excluding carboxylic acids is 2. The maximum Gasteiger partial charge on any atom is 0.225 e. The zero-order chi connectivity index (χ0) is 14.7. The fraction of sp³-hybridized carbons (Fsp3) is 0.875. The van der Waals surface area contributed by atoms with Crippen molar-refractivity contribution in [1.82, 2.24) is 10.2 Å². The van der Waals surface area contributed by atoms with E-state index in [1.165, 1.54) is 19.3 Å². The van der Waals surface area contributed by atoms with E-state index in [1.807, 2.05) is 4.90 Å². The molecule has 0 unspecified atom stereocenters. The Morgan fingerprint density at radius 3 is 2.71 bits per heavy atom. The van der Waals surface area contributed by atoms with E-state index in [2.05, 4.69) is 5.32 Å². The maximum absolute atomic E-state index is 12.2. The van der Waals surface area contributed by atoms with Crippen molar-refractivity contribution in [1.29, 1.82) is 0 Å². The molecule has 2 atom stereocenters. The summed E-state index contributed by atoms with van der Waals surface area (Å²) in [6.45, 7) is 2.01. The average Bonchev–Trinajstić information content (AvgIpc) is 3.15. The molecule has 2 amide bonds. The minimum atomic E-state index is -0.166. The molecule has 2 saturated heterocycles. The SMILES string of the molecule is O=C(NC[C@@H]1CCCO1)[C@H]1CC(=O)N(C2CCCCC2)C1. The number of rotatable bonds is 4. The molecule has 1 aliphatic carbocycles. The summed E-state index contributed by atoms with van der Waals surface area (Å²) in [5.74, 6) is 0.0251. The lowest BCUT2D eigenvalue weighted by molar-refractivity contribution is -0.130. The average molecular weight is 294 g/mol. The van der Waals surface area contributed by atoms with E-state index in [9.17, 15) is 9.59 Å². The van der Waals surface area contributed by atoms with Gasteiger partial charge in [0.15, 0.2) is 0 Å². The highest BCUT2D eigenvalue weighted by Gasteiger charge is 2.38. The second kappa shape index (κ2) is 6.77. The van der Waals surface area contributed by atoms with Gasteiger partial charge in [-0.15, -0.1) is 0 Å². The lowest BCUT2D eigenvalue weighted by atomic mass is 9.94. The van der Waals surface area contributed by atoms with Gasteiger partial charge in [-0.1, -0.05) is 19.3 Å². The van der Waals surface area contributed by atoms with Crippen LogP contribution in [0, 0.1) is 5.92 Å². The van der Waals surface area contributed by atoms with Gasteiger partial charge in [-0.25, -0.2) is 0 Å². The third kappa shape index (κ3) is 3.57. The van der Waals surface area contributed by atoms with Gasteiger partial charge in [-0.2, -0.15) is 0 Å². The molecule has 0 bridgehead atoms. The zero-order valence-corrected chi connectivity index (χ0v) is 12.7. The van der Waals surface area contributed by atoms with Crippen LogP contribution in [0.1, 0.15) is 51.4 Å². The summed E-state index contributed by atoms with van der Waals surface area (Å²) in [7, 11) is 0. The van der Waals surface area contributed by atoms with Crippen molar-refractivity contribution >= 4 is 11.8 Å². The minimum Gasteiger partial charge on any atom is -0.376 e. The third-order valence-electron chi connectivity index (χ3n) is 5.07. The molecule has 0 aromatic heterocycles. The molecule has 0 aromatic rings. The summed E-state index contributed by atoms with van der Waals surface area (Å²) < 4.78 is 5.51. The Bertz CT molecular complexity index is 387. The van der Waals surface area contributed by atoms with Crippen molar-refractivity contribution in [2.45, 2.75) is 63.5 Å². The summed E-state index contributed by atoms with van der Waals surface area (Å²) in [5.41, 5.74) is 0. The first-order chi connectivity index (χ1) is 10.2. The van der Waals surface area contributed by atoms with Crippen molar-refractivity contribution in [2.75, 3.05) is 19.7 Å². The lowest BCUT2D eigenvalue weighted by Gasteiger charge is -2.31. The van der Waals surface area contributed by atoms with Gasteiger partial charge in [0.25, 0.3) is 0 Å². The number of carbonyl (C=O) groups is 2. The Balaban J connectivity index is 1.47. The van der Waals surface area contributed by atoms with E-state index in [1.54, 1.807) is 0 Å². The van der Waals surface area contributed by atoms with E-state index in [4.69, 9.17) is 4.74 Å². The van der Waals surface area contributed by atoms with Crippen LogP contribution >= 0.6 is 0 Å². The first-order valence-electron chi connectivity index (χ1n) is 8.43. The van der Waals surface area contributed by atoms with Crippen molar-refractivity contribution in [3.63, 3.8) is 0 Å². The molecule has 0 spiro atoms. The molecule has 3 fully saturated rings. The van der Waals surface area contributed by atoms with Crippen molar-refractivity contribution in [2.24, 2.45) is 5.92 Å². The molecule has 1 N–H and O–H groups in total. The first kappa shape index (κ1) is 14.8. The highest BCUT2D eigenvalue weighted by Crippen LogP contribution is 2.28. The number of hydrogen-bond acceptors (Lipinski definition) is 3. The summed E-state index contributed by atoms with van der Waals surface area (Å²) in [5, 5.41) is 2.97. The molecule has 2 aliphatic heterocycles. The van der Waals surface area contributed by atoms with Crippen molar-refractivity contribution < 1.29 is 14.3 Å². The monoisotopic (exact) mass is 294 g/mol. The van der Waals surface area contributed by atoms with Gasteiger partial charge in [-0.05, 0) is 25.7 Å². The number of ether oxygens (including phenoxy) is 1. The number of hydrogen-bond donors (Lipinski definition) is 1. The van der Waals surface area contributed by atoms with Crippen LogP contribution in [0.3, 0.4) is 0 Å². The van der Waals surface area contributed by atoms with Gasteiger partial charge in [0.05, 0.1) is 12.0 Å². The molecule has 0 aromatic carbocycles. The van der Waals surface area contributed by atoms with E-state index < -0.39 is 0 Å². The fourth-order valence-corrected chi connectivity index (χ4v) is 3.82. The molecule has 3 rings (SSSR count). The summed E-state index contributed by atoms with van der Waals surface area (Å²) in [6.07, 6.45) is 8.58.